The van der Waals surface area contributed by atoms with Crippen LogP contribution in [0.15, 0.2) is 32.7 Å². The van der Waals surface area contributed by atoms with Crippen LogP contribution in [0.5, 0.6) is 0 Å². The third-order valence-electron chi connectivity index (χ3n) is 2.17. The second-order valence-corrected chi connectivity index (χ2v) is 4.62. The molecule has 2 N–H and O–H groups in total. The van der Waals surface area contributed by atoms with E-state index < -0.39 is 0 Å². The van der Waals surface area contributed by atoms with E-state index >= 15 is 0 Å². The summed E-state index contributed by atoms with van der Waals surface area (Å²) >= 11 is 1.22. The summed E-state index contributed by atoms with van der Waals surface area (Å²) in [6.07, 6.45) is 0. The van der Waals surface area contributed by atoms with Crippen molar-refractivity contribution in [3.8, 4) is 0 Å². The lowest BCUT2D eigenvalue weighted by molar-refractivity contribution is 0.429. The maximum Gasteiger partial charge on any atom is 0.281 e. The molecule has 1 heterocycles. The Hall–Kier alpha value is -1.40. The first-order valence-corrected chi connectivity index (χ1v) is 5.91. The molecular formula is C11H12FN3OS. The van der Waals surface area contributed by atoms with Gasteiger partial charge < -0.3 is 10.2 Å². The molecule has 0 amide bonds. The second kappa shape index (κ2) is 4.85. The molecule has 0 bridgehead atoms. The molecule has 1 atom stereocenters. The van der Waals surface area contributed by atoms with Crippen LogP contribution in [0.3, 0.4) is 0 Å². The number of aromatic nitrogens is 2. The lowest BCUT2D eigenvalue weighted by Crippen LogP contribution is -2.08. The predicted molar refractivity (Wildman–Crippen MR) is 62.2 cm³/mol. The Labute approximate surface area is 102 Å². The van der Waals surface area contributed by atoms with Crippen LogP contribution in [0.2, 0.25) is 0 Å². The molecule has 17 heavy (non-hydrogen) atoms. The molecule has 2 rings (SSSR count). The molecule has 6 heteroatoms. The highest BCUT2D eigenvalue weighted by molar-refractivity contribution is 7.99. The number of rotatable bonds is 3. The van der Waals surface area contributed by atoms with Crippen molar-refractivity contribution in [3.63, 3.8) is 0 Å². The minimum Gasteiger partial charge on any atom is -0.416 e. The summed E-state index contributed by atoms with van der Waals surface area (Å²) in [4.78, 5) is 0.698. The monoisotopic (exact) mass is 253 g/mol. The maximum absolute atomic E-state index is 13.6. The van der Waals surface area contributed by atoms with Crippen LogP contribution in [-0.2, 0) is 0 Å². The lowest BCUT2D eigenvalue weighted by atomic mass is 10.1. The van der Waals surface area contributed by atoms with E-state index in [0.29, 0.717) is 21.6 Å². The van der Waals surface area contributed by atoms with Crippen molar-refractivity contribution in [2.45, 2.75) is 30.0 Å². The van der Waals surface area contributed by atoms with Crippen LogP contribution in [0.1, 0.15) is 24.4 Å². The molecule has 0 radical (unpaired) electrons. The number of halogens is 1. The molecule has 0 spiro atoms. The summed E-state index contributed by atoms with van der Waals surface area (Å²) in [5.41, 5.74) is 6.22. The van der Waals surface area contributed by atoms with E-state index in [9.17, 15) is 4.39 Å². The van der Waals surface area contributed by atoms with E-state index in [4.69, 9.17) is 10.2 Å². The van der Waals surface area contributed by atoms with Gasteiger partial charge in [0.2, 0.25) is 5.89 Å². The Morgan fingerprint density at radius 3 is 2.76 bits per heavy atom. The van der Waals surface area contributed by atoms with Crippen LogP contribution in [0.4, 0.5) is 4.39 Å². The summed E-state index contributed by atoms with van der Waals surface area (Å²) in [6, 6.07) is 4.42. The summed E-state index contributed by atoms with van der Waals surface area (Å²) in [5, 5.41) is 7.96. The Morgan fingerprint density at radius 1 is 1.41 bits per heavy atom. The molecular weight excluding hydrogens is 241 g/mol. The van der Waals surface area contributed by atoms with Crippen molar-refractivity contribution in [1.82, 2.24) is 10.2 Å². The molecule has 1 aromatic carbocycles. The van der Waals surface area contributed by atoms with Crippen LogP contribution >= 0.6 is 11.8 Å². The van der Waals surface area contributed by atoms with E-state index in [1.807, 2.05) is 0 Å². The van der Waals surface area contributed by atoms with Gasteiger partial charge in [0.25, 0.3) is 5.22 Å². The first kappa shape index (κ1) is 12.1. The molecule has 0 aliphatic rings. The normalized spacial score (nSPS) is 12.7. The third-order valence-corrected chi connectivity index (χ3v) is 3.09. The van der Waals surface area contributed by atoms with E-state index in [1.54, 1.807) is 26.0 Å². The fourth-order valence-corrected chi connectivity index (χ4v) is 2.43. The van der Waals surface area contributed by atoms with Crippen LogP contribution in [0.25, 0.3) is 0 Å². The summed E-state index contributed by atoms with van der Waals surface area (Å²) < 4.78 is 18.9. The summed E-state index contributed by atoms with van der Waals surface area (Å²) in [6.45, 7) is 3.44. The van der Waals surface area contributed by atoms with Gasteiger partial charge in [-0.2, -0.15) is 0 Å². The van der Waals surface area contributed by atoms with Crippen LogP contribution < -0.4 is 5.73 Å². The average molecular weight is 253 g/mol. The van der Waals surface area contributed by atoms with Crippen molar-refractivity contribution in [1.29, 1.82) is 0 Å². The number of nitrogens with zero attached hydrogens (tertiary/aromatic N) is 2. The van der Waals surface area contributed by atoms with Crippen molar-refractivity contribution in [2.24, 2.45) is 5.73 Å². The molecule has 0 saturated heterocycles. The zero-order chi connectivity index (χ0) is 12.4. The Balaban J connectivity index is 2.35. The van der Waals surface area contributed by atoms with E-state index in [1.165, 1.54) is 17.8 Å². The lowest BCUT2D eigenvalue weighted by Gasteiger charge is -2.11. The molecule has 0 fully saturated rings. The fraction of sp³-hybridized carbons (Fsp3) is 0.273. The molecule has 0 aliphatic carbocycles. The van der Waals surface area contributed by atoms with Gasteiger partial charge in [-0.05, 0) is 30.8 Å². The Bertz CT molecular complexity index is 527. The highest BCUT2D eigenvalue weighted by atomic mass is 32.2. The third kappa shape index (κ3) is 2.65. The highest BCUT2D eigenvalue weighted by Crippen LogP contribution is 2.33. The van der Waals surface area contributed by atoms with Gasteiger partial charge in [0.1, 0.15) is 5.82 Å². The molecule has 2 aromatic rings. The minimum absolute atomic E-state index is 0.318. The number of aryl methyl sites for hydroxylation is 1. The van der Waals surface area contributed by atoms with Gasteiger partial charge in [-0.3, -0.25) is 0 Å². The largest absolute Gasteiger partial charge is 0.416 e. The van der Waals surface area contributed by atoms with E-state index in [0.717, 1.165) is 0 Å². The van der Waals surface area contributed by atoms with Gasteiger partial charge in [0, 0.05) is 23.4 Å². The summed E-state index contributed by atoms with van der Waals surface area (Å²) in [7, 11) is 0. The van der Waals surface area contributed by atoms with Crippen LogP contribution in [-0.4, -0.2) is 10.2 Å². The van der Waals surface area contributed by atoms with Crippen molar-refractivity contribution < 1.29 is 8.81 Å². The zero-order valence-electron chi connectivity index (χ0n) is 9.48. The van der Waals surface area contributed by atoms with Crippen molar-refractivity contribution in [3.05, 3.63) is 35.5 Å². The smallest absolute Gasteiger partial charge is 0.281 e. The topological polar surface area (TPSA) is 64.9 Å². The van der Waals surface area contributed by atoms with E-state index in [-0.39, 0.29) is 11.9 Å². The fourth-order valence-electron chi connectivity index (χ4n) is 1.46. The molecule has 1 aromatic heterocycles. The van der Waals surface area contributed by atoms with Gasteiger partial charge in [-0.25, -0.2) is 4.39 Å². The van der Waals surface area contributed by atoms with Gasteiger partial charge >= 0.3 is 0 Å². The molecule has 0 unspecified atom stereocenters. The molecule has 0 aliphatic heterocycles. The first-order valence-electron chi connectivity index (χ1n) is 5.10. The minimum atomic E-state index is -0.386. The first-order chi connectivity index (χ1) is 8.08. The highest BCUT2D eigenvalue weighted by Gasteiger charge is 2.15. The van der Waals surface area contributed by atoms with Gasteiger partial charge in [-0.1, -0.05) is 6.07 Å². The maximum atomic E-state index is 13.6. The van der Waals surface area contributed by atoms with Crippen LogP contribution in [0, 0.1) is 12.7 Å². The van der Waals surface area contributed by atoms with Crippen molar-refractivity contribution in [2.75, 3.05) is 0 Å². The zero-order valence-corrected chi connectivity index (χ0v) is 10.3. The average Bonchev–Trinajstić information content (AvgIpc) is 2.63. The number of nitrogens with two attached hydrogens (primary N) is 1. The predicted octanol–water partition coefficient (Wildman–Crippen LogP) is 2.69. The standard InChI is InChI=1S/C11H12FN3OS/c1-6(13)10-8(12)4-3-5-9(10)17-11-15-14-7(2)16-11/h3-6H,13H2,1-2H3/t6-/m0/s1. The SMILES string of the molecule is Cc1nnc(Sc2cccc(F)c2[C@H](C)N)o1. The summed E-state index contributed by atoms with van der Waals surface area (Å²) in [5.74, 6) is 0.160. The molecule has 0 saturated carbocycles. The van der Waals surface area contributed by atoms with E-state index in [2.05, 4.69) is 10.2 Å². The number of benzene rings is 1. The Kier molecular flexibility index (Phi) is 3.44. The van der Waals surface area contributed by atoms with Gasteiger partial charge in [0.15, 0.2) is 0 Å². The number of hydrogen-bond donors (Lipinski definition) is 1. The van der Waals surface area contributed by atoms with Gasteiger partial charge in [0.05, 0.1) is 0 Å². The second-order valence-electron chi connectivity index (χ2n) is 3.63. The molecule has 90 valence electrons. The Morgan fingerprint density at radius 2 is 2.18 bits per heavy atom. The quantitative estimate of drug-likeness (QED) is 0.911. The van der Waals surface area contributed by atoms with Crippen molar-refractivity contribution >= 4 is 11.8 Å². The van der Waals surface area contributed by atoms with Gasteiger partial charge in [-0.15, -0.1) is 10.2 Å². The number of hydrogen-bond acceptors (Lipinski definition) is 5. The molecule has 4 nitrogen and oxygen atoms in total.